The van der Waals surface area contributed by atoms with Gasteiger partial charge in [0.2, 0.25) is 10.9 Å². The lowest BCUT2D eigenvalue weighted by molar-refractivity contribution is 0.477. The van der Waals surface area contributed by atoms with E-state index < -0.39 is 10.9 Å². The summed E-state index contributed by atoms with van der Waals surface area (Å²) in [5.41, 5.74) is 0. The molecule has 0 aromatic heterocycles. The van der Waals surface area contributed by atoms with Gasteiger partial charge in [-0.05, 0) is 14.1 Å². The zero-order chi connectivity index (χ0) is 6.57. The summed E-state index contributed by atoms with van der Waals surface area (Å²) in [6, 6.07) is 0. The van der Waals surface area contributed by atoms with Crippen molar-refractivity contribution in [2.75, 3.05) is 14.1 Å². The van der Waals surface area contributed by atoms with Gasteiger partial charge in [0.15, 0.2) is 0 Å². The Labute approximate surface area is 50.6 Å². The van der Waals surface area contributed by atoms with Crippen LogP contribution >= 0.6 is 0 Å². The molecule has 0 amide bonds. The van der Waals surface area contributed by atoms with Gasteiger partial charge in [-0.1, -0.05) is 0 Å². The van der Waals surface area contributed by atoms with Crippen molar-refractivity contribution in [2.24, 2.45) is 0 Å². The first-order valence-electron chi connectivity index (χ1n) is 2.03. The first kappa shape index (κ1) is 7.87. The fraction of sp³-hybridized carbons (Fsp3) is 0.667. The molecule has 0 aliphatic carbocycles. The lowest BCUT2D eigenvalue weighted by Gasteiger charge is -2.03. The van der Waals surface area contributed by atoms with Crippen LogP contribution in [0, 0.1) is 6.67 Å². The lowest BCUT2D eigenvalue weighted by Crippen LogP contribution is -2.20. The highest BCUT2D eigenvalue weighted by molar-refractivity contribution is 7.70. The molecule has 0 saturated carbocycles. The van der Waals surface area contributed by atoms with Gasteiger partial charge in [0.25, 0.3) is 0 Å². The van der Waals surface area contributed by atoms with E-state index in [-0.39, 0.29) is 0 Å². The van der Waals surface area contributed by atoms with Gasteiger partial charge in [0, 0.05) is 0 Å². The summed E-state index contributed by atoms with van der Waals surface area (Å²) in [6.45, 7) is 1.35. The van der Waals surface area contributed by atoms with Crippen LogP contribution in [0.15, 0.2) is 0 Å². The Hall–Kier alpha value is -0.130. The molecule has 49 valence electrons. The van der Waals surface area contributed by atoms with Gasteiger partial charge in [-0.2, -0.15) is 4.72 Å². The van der Waals surface area contributed by atoms with E-state index in [0.29, 0.717) is 0 Å². The molecule has 0 rings (SSSR count). The van der Waals surface area contributed by atoms with Crippen molar-refractivity contribution in [3.63, 3.8) is 0 Å². The van der Waals surface area contributed by atoms with Gasteiger partial charge in [-0.25, -0.2) is 8.42 Å². The molecule has 0 aliphatic rings. The second kappa shape index (κ2) is 3.82. The molecule has 1 N–H and O–H groups in total. The van der Waals surface area contributed by atoms with E-state index in [1.54, 1.807) is 19.0 Å². The molecule has 0 aromatic rings. The van der Waals surface area contributed by atoms with E-state index >= 15 is 0 Å². The predicted molar refractivity (Wildman–Crippen MR) is 31.4 cm³/mol. The molecular weight excluding hydrogens is 128 g/mol. The number of thiol groups is 1. The smallest absolute Gasteiger partial charge is 0.202 e. The first-order chi connectivity index (χ1) is 3.63. The molecule has 0 fully saturated rings. The maximum atomic E-state index is 9.77. The number of hydrogen-bond donors (Lipinski definition) is 2. The monoisotopic (exact) mass is 137 g/mol. The molecule has 1 radical (unpaired) electrons. The van der Waals surface area contributed by atoms with Crippen LogP contribution < -0.4 is 4.72 Å². The molecular formula is C3H9N2O2S. The first-order valence-corrected chi connectivity index (χ1v) is 3.21. The summed E-state index contributed by atoms with van der Waals surface area (Å²) in [4.78, 5) is 1.60. The van der Waals surface area contributed by atoms with Crippen LogP contribution in [-0.4, -0.2) is 27.4 Å². The molecule has 0 aliphatic heterocycles. The minimum atomic E-state index is -2.48. The number of rotatable bonds is 3. The van der Waals surface area contributed by atoms with Crippen molar-refractivity contribution in [2.45, 2.75) is 0 Å². The maximum absolute atomic E-state index is 9.77. The van der Waals surface area contributed by atoms with Crippen LogP contribution in [-0.2, 0) is 10.9 Å². The van der Waals surface area contributed by atoms with Crippen molar-refractivity contribution in [3.8, 4) is 0 Å². The molecule has 5 heteroatoms. The highest BCUT2D eigenvalue weighted by atomic mass is 32.2. The molecule has 0 spiro atoms. The fourth-order valence-corrected chi connectivity index (χ4v) is 0.488. The maximum Gasteiger partial charge on any atom is 0.202 e. The van der Waals surface area contributed by atoms with Crippen LogP contribution in [0.4, 0.5) is 0 Å². The molecule has 0 heterocycles. The van der Waals surface area contributed by atoms with Crippen molar-refractivity contribution in [1.82, 2.24) is 9.62 Å². The lowest BCUT2D eigenvalue weighted by atomic mass is 10.9. The largest absolute Gasteiger partial charge is 0.291 e. The van der Waals surface area contributed by atoms with E-state index in [4.69, 9.17) is 0 Å². The third-order valence-electron chi connectivity index (χ3n) is 0.421. The van der Waals surface area contributed by atoms with Gasteiger partial charge in [0.05, 0.1) is 0 Å². The third-order valence-corrected chi connectivity index (χ3v) is 0.748. The fourth-order valence-electron chi connectivity index (χ4n) is 0.163. The summed E-state index contributed by atoms with van der Waals surface area (Å²) >= 11 is 0. The van der Waals surface area contributed by atoms with E-state index in [1.807, 2.05) is 0 Å². The molecule has 0 saturated heterocycles. The summed E-state index contributed by atoms with van der Waals surface area (Å²) < 4.78 is 21.6. The zero-order valence-electron chi connectivity index (χ0n) is 4.79. The Kier molecular flexibility index (Phi) is 3.76. The van der Waals surface area contributed by atoms with Crippen LogP contribution in [0.5, 0.6) is 0 Å². The molecule has 4 nitrogen and oxygen atoms in total. The van der Waals surface area contributed by atoms with Crippen molar-refractivity contribution in [3.05, 3.63) is 6.67 Å². The highest BCUT2D eigenvalue weighted by Crippen LogP contribution is 1.72. The number of nitrogens with one attached hydrogen (secondary N) is 1. The topological polar surface area (TPSA) is 49.4 Å². The predicted octanol–water partition coefficient (Wildman–Crippen LogP) is -1.22. The Bertz CT molecular complexity index is 112. The van der Waals surface area contributed by atoms with Crippen molar-refractivity contribution in [1.29, 1.82) is 0 Å². The van der Waals surface area contributed by atoms with Crippen LogP contribution in [0.25, 0.3) is 0 Å². The van der Waals surface area contributed by atoms with Gasteiger partial charge in [-0.3, -0.25) is 4.90 Å². The third kappa shape index (κ3) is 5.87. The SMILES string of the molecule is CN(C)[CH]N[SH](=O)=O. The van der Waals surface area contributed by atoms with Crippen molar-refractivity contribution >= 4 is 10.9 Å². The number of hydrogen-bond acceptors (Lipinski definition) is 3. The summed E-state index contributed by atoms with van der Waals surface area (Å²) in [5, 5.41) is 0. The quantitative estimate of drug-likeness (QED) is 0.479. The molecule has 0 atom stereocenters. The standard InChI is InChI=1S/C3H9N2O2S/c1-5(2)3-4-8(6)7/h3,8H,1-2H3,(H,4,6,7). The Balaban J connectivity index is 3.18. The van der Waals surface area contributed by atoms with E-state index in [9.17, 15) is 8.42 Å². The molecule has 0 unspecified atom stereocenters. The van der Waals surface area contributed by atoms with E-state index in [0.717, 1.165) is 0 Å². The summed E-state index contributed by atoms with van der Waals surface area (Å²) in [6.07, 6.45) is 0. The van der Waals surface area contributed by atoms with Crippen LogP contribution in [0.2, 0.25) is 0 Å². The second-order valence-corrected chi connectivity index (χ2v) is 2.25. The Morgan fingerprint density at radius 1 is 1.50 bits per heavy atom. The zero-order valence-corrected chi connectivity index (χ0v) is 5.68. The van der Waals surface area contributed by atoms with E-state index in [2.05, 4.69) is 4.72 Å². The average molecular weight is 137 g/mol. The summed E-state index contributed by atoms with van der Waals surface area (Å²) in [5.74, 6) is 0. The molecule has 0 aromatic carbocycles. The molecule has 0 bridgehead atoms. The molecule has 8 heavy (non-hydrogen) atoms. The van der Waals surface area contributed by atoms with Crippen LogP contribution in [0.3, 0.4) is 0 Å². The second-order valence-electron chi connectivity index (χ2n) is 1.48. The number of nitrogens with zero attached hydrogens (tertiary/aromatic N) is 1. The summed E-state index contributed by atoms with van der Waals surface area (Å²) in [7, 11) is 0.976. The van der Waals surface area contributed by atoms with Gasteiger partial charge < -0.3 is 0 Å². The van der Waals surface area contributed by atoms with E-state index in [1.165, 1.54) is 6.67 Å². The minimum absolute atomic E-state index is 1.35. The Morgan fingerprint density at radius 3 is 2.12 bits per heavy atom. The van der Waals surface area contributed by atoms with Gasteiger partial charge in [-0.15, -0.1) is 0 Å². The van der Waals surface area contributed by atoms with Gasteiger partial charge >= 0.3 is 0 Å². The average Bonchev–Trinajstić information content (AvgIpc) is 1.61. The minimum Gasteiger partial charge on any atom is -0.291 e. The van der Waals surface area contributed by atoms with Gasteiger partial charge in [0.1, 0.15) is 6.67 Å². The Morgan fingerprint density at radius 2 is 2.00 bits per heavy atom. The van der Waals surface area contributed by atoms with Crippen LogP contribution in [0.1, 0.15) is 0 Å². The van der Waals surface area contributed by atoms with Crippen molar-refractivity contribution < 1.29 is 8.42 Å². The normalized spacial score (nSPS) is 11.0. The highest BCUT2D eigenvalue weighted by Gasteiger charge is 1.86.